The Bertz CT molecular complexity index is 1190. The van der Waals surface area contributed by atoms with Crippen LogP contribution in [0, 0.1) is 13.8 Å². The van der Waals surface area contributed by atoms with Crippen molar-refractivity contribution in [2.75, 3.05) is 4.90 Å². The summed E-state index contributed by atoms with van der Waals surface area (Å²) in [5.41, 5.74) is 2.10. The number of nitrogens with zero attached hydrogens (tertiary/aromatic N) is 2. The van der Waals surface area contributed by atoms with Gasteiger partial charge in [0.05, 0.1) is 17.7 Å². The smallest absolute Gasteiger partial charge is 0.301 e. The van der Waals surface area contributed by atoms with Gasteiger partial charge in [-0.25, -0.2) is 0 Å². The molecule has 0 unspecified atom stereocenters. The van der Waals surface area contributed by atoms with Crippen LogP contribution in [0.5, 0.6) is 5.75 Å². The number of aromatic nitrogens is 1. The number of rotatable bonds is 5. The van der Waals surface area contributed by atoms with Crippen LogP contribution >= 0.6 is 0 Å². The van der Waals surface area contributed by atoms with E-state index in [1.165, 1.54) is 4.90 Å². The van der Waals surface area contributed by atoms with Gasteiger partial charge in [-0.1, -0.05) is 47.1 Å². The first-order valence-corrected chi connectivity index (χ1v) is 10.3. The summed E-state index contributed by atoms with van der Waals surface area (Å²) >= 11 is 0. The van der Waals surface area contributed by atoms with Crippen LogP contribution in [0.4, 0.5) is 5.82 Å². The van der Waals surface area contributed by atoms with Crippen molar-refractivity contribution < 1.29 is 24.0 Å². The normalized spacial score (nSPS) is 17.9. The molecule has 4 rings (SSSR count). The monoisotopic (exact) mass is 432 g/mol. The lowest BCUT2D eigenvalue weighted by atomic mass is 9.95. The van der Waals surface area contributed by atoms with Crippen molar-refractivity contribution in [2.24, 2.45) is 0 Å². The van der Waals surface area contributed by atoms with Crippen LogP contribution in [0.2, 0.25) is 0 Å². The maximum atomic E-state index is 13.1. The van der Waals surface area contributed by atoms with Gasteiger partial charge < -0.3 is 14.4 Å². The molecule has 0 aliphatic carbocycles. The minimum absolute atomic E-state index is 0.00275. The lowest BCUT2D eigenvalue weighted by Crippen LogP contribution is -2.29. The van der Waals surface area contributed by atoms with E-state index in [0.29, 0.717) is 22.6 Å². The molecule has 1 aliphatic heterocycles. The highest BCUT2D eigenvalue weighted by atomic mass is 16.5. The Kier molecular flexibility index (Phi) is 5.57. The highest BCUT2D eigenvalue weighted by molar-refractivity contribution is 6.51. The number of benzene rings is 2. The largest absolute Gasteiger partial charge is 0.507 e. The molecule has 2 heterocycles. The van der Waals surface area contributed by atoms with Crippen molar-refractivity contribution in [3.8, 4) is 5.75 Å². The Morgan fingerprint density at radius 3 is 2.28 bits per heavy atom. The van der Waals surface area contributed by atoms with Crippen molar-refractivity contribution in [1.82, 2.24) is 5.16 Å². The van der Waals surface area contributed by atoms with E-state index in [-0.39, 0.29) is 23.3 Å². The van der Waals surface area contributed by atoms with E-state index in [1.807, 2.05) is 32.9 Å². The zero-order valence-electron chi connectivity index (χ0n) is 18.3. The van der Waals surface area contributed by atoms with Crippen molar-refractivity contribution >= 4 is 23.3 Å². The molecule has 2 aromatic carbocycles. The summed E-state index contributed by atoms with van der Waals surface area (Å²) in [6.07, 6.45) is 0.00567. The van der Waals surface area contributed by atoms with Crippen LogP contribution in [0.15, 0.2) is 64.7 Å². The number of amides is 1. The van der Waals surface area contributed by atoms with E-state index in [4.69, 9.17) is 9.26 Å². The van der Waals surface area contributed by atoms with Gasteiger partial charge in [0.2, 0.25) is 0 Å². The molecule has 1 N–H and O–H groups in total. The van der Waals surface area contributed by atoms with Crippen LogP contribution < -0.4 is 9.64 Å². The molecule has 0 radical (unpaired) electrons. The number of hydrogen-bond donors (Lipinski definition) is 1. The summed E-state index contributed by atoms with van der Waals surface area (Å²) in [5.74, 6) is -0.425. The Morgan fingerprint density at radius 1 is 1.06 bits per heavy atom. The Labute approximate surface area is 185 Å². The predicted octanol–water partition coefficient (Wildman–Crippen LogP) is 4.70. The van der Waals surface area contributed by atoms with E-state index >= 15 is 0 Å². The van der Waals surface area contributed by atoms with Gasteiger partial charge in [0.1, 0.15) is 17.3 Å². The number of carbonyl (C=O) groups is 2. The number of aliphatic hydroxyl groups excluding tert-OH is 1. The number of carbonyl (C=O) groups excluding carboxylic acids is 2. The van der Waals surface area contributed by atoms with Gasteiger partial charge >= 0.3 is 5.91 Å². The minimum atomic E-state index is -0.867. The average molecular weight is 432 g/mol. The number of hydrogen-bond acceptors (Lipinski definition) is 6. The fraction of sp³-hybridized carbons (Fsp3) is 0.240. The maximum Gasteiger partial charge on any atom is 0.301 e. The third-order valence-electron chi connectivity index (χ3n) is 5.20. The summed E-state index contributed by atoms with van der Waals surface area (Å²) in [7, 11) is 0. The predicted molar refractivity (Wildman–Crippen MR) is 119 cm³/mol. The topological polar surface area (TPSA) is 92.9 Å². The second kappa shape index (κ2) is 8.34. The third-order valence-corrected chi connectivity index (χ3v) is 5.20. The summed E-state index contributed by atoms with van der Waals surface area (Å²) in [5, 5.41) is 15.0. The first-order chi connectivity index (χ1) is 15.3. The van der Waals surface area contributed by atoms with Crippen molar-refractivity contribution in [2.45, 2.75) is 39.8 Å². The molecule has 1 saturated heterocycles. The zero-order chi connectivity index (χ0) is 23.0. The van der Waals surface area contributed by atoms with Crippen molar-refractivity contribution in [1.29, 1.82) is 0 Å². The van der Waals surface area contributed by atoms with Gasteiger partial charge in [-0.15, -0.1) is 0 Å². The second-order valence-corrected chi connectivity index (χ2v) is 8.07. The van der Waals surface area contributed by atoms with Crippen molar-refractivity contribution in [3.05, 3.63) is 82.6 Å². The fourth-order valence-corrected chi connectivity index (χ4v) is 3.72. The lowest BCUT2D eigenvalue weighted by molar-refractivity contribution is -0.132. The summed E-state index contributed by atoms with van der Waals surface area (Å²) in [4.78, 5) is 27.4. The van der Waals surface area contributed by atoms with Gasteiger partial charge in [0, 0.05) is 11.6 Å². The molecule has 3 aromatic rings. The number of aryl methyl sites for hydroxylation is 2. The van der Waals surface area contributed by atoms with Crippen LogP contribution in [-0.4, -0.2) is 28.1 Å². The van der Waals surface area contributed by atoms with E-state index < -0.39 is 17.7 Å². The molecule has 0 saturated carbocycles. The van der Waals surface area contributed by atoms with Crippen molar-refractivity contribution in [3.63, 3.8) is 0 Å². The number of ether oxygens (including phenoxy) is 1. The number of ketones is 1. The summed E-state index contributed by atoms with van der Waals surface area (Å²) in [6.45, 7) is 7.48. The van der Waals surface area contributed by atoms with Gasteiger partial charge in [-0.05, 0) is 45.4 Å². The van der Waals surface area contributed by atoms with E-state index in [0.717, 1.165) is 5.56 Å². The van der Waals surface area contributed by atoms with E-state index in [9.17, 15) is 14.7 Å². The molecule has 1 atom stereocenters. The molecule has 7 nitrogen and oxygen atoms in total. The molecule has 1 aliphatic rings. The molecule has 0 bridgehead atoms. The van der Waals surface area contributed by atoms with E-state index in [2.05, 4.69) is 5.16 Å². The lowest BCUT2D eigenvalue weighted by Gasteiger charge is -2.23. The molecule has 7 heteroatoms. The Balaban J connectivity index is 1.87. The zero-order valence-corrected chi connectivity index (χ0v) is 18.3. The van der Waals surface area contributed by atoms with E-state index in [1.54, 1.807) is 49.4 Å². The number of Topliss-reactive ketones (excluding diaryl/α,β-unsaturated/α-hetero) is 1. The molecule has 1 amide bonds. The van der Waals surface area contributed by atoms with Gasteiger partial charge in [-0.3, -0.25) is 14.5 Å². The van der Waals surface area contributed by atoms with Crippen LogP contribution in [-0.2, 0) is 9.59 Å². The first kappa shape index (κ1) is 21.4. The standard InChI is InChI=1S/C25H24N2O5/c1-14(2)31-19-11-9-17(10-12-19)22-21(23(28)18-7-5-15(3)6-8-18)24(29)25(30)27(22)20-13-16(4)32-26-20/h5-14,22,28H,1-4H3/b23-21+/t22-/m1/s1. The maximum absolute atomic E-state index is 13.1. The molecule has 1 fully saturated rings. The van der Waals surface area contributed by atoms with Gasteiger partial charge in [-0.2, -0.15) is 0 Å². The van der Waals surface area contributed by atoms with Crippen LogP contribution in [0.3, 0.4) is 0 Å². The quantitative estimate of drug-likeness (QED) is 0.357. The average Bonchev–Trinajstić information content (AvgIpc) is 3.29. The second-order valence-electron chi connectivity index (χ2n) is 8.07. The number of aliphatic hydroxyl groups is 1. The molecule has 0 spiro atoms. The fourth-order valence-electron chi connectivity index (χ4n) is 3.72. The summed E-state index contributed by atoms with van der Waals surface area (Å²) in [6, 6.07) is 14.9. The molecule has 32 heavy (non-hydrogen) atoms. The van der Waals surface area contributed by atoms with Gasteiger partial charge in [0.15, 0.2) is 5.82 Å². The van der Waals surface area contributed by atoms with Gasteiger partial charge in [0.25, 0.3) is 5.78 Å². The minimum Gasteiger partial charge on any atom is -0.507 e. The number of anilines is 1. The van der Waals surface area contributed by atoms with Crippen LogP contribution in [0.25, 0.3) is 5.76 Å². The third kappa shape index (κ3) is 3.89. The van der Waals surface area contributed by atoms with Crippen LogP contribution in [0.1, 0.15) is 42.3 Å². The summed E-state index contributed by atoms with van der Waals surface area (Å²) < 4.78 is 10.9. The highest BCUT2D eigenvalue weighted by Gasteiger charge is 2.48. The Hall–Kier alpha value is -3.87. The Morgan fingerprint density at radius 2 is 1.72 bits per heavy atom. The molecular formula is C25H24N2O5. The molecule has 164 valence electrons. The molecular weight excluding hydrogens is 408 g/mol. The SMILES string of the molecule is Cc1ccc(/C(O)=C2\C(=O)C(=O)N(c3cc(C)on3)[C@@H]2c2ccc(OC(C)C)cc2)cc1. The molecule has 1 aromatic heterocycles. The highest BCUT2D eigenvalue weighted by Crippen LogP contribution is 2.42. The first-order valence-electron chi connectivity index (χ1n) is 10.3.